The number of nitrogens with one attached hydrogen (secondary N) is 1. The smallest absolute Gasteiger partial charge is 0.252 e. The Bertz CT molecular complexity index is 417. The molecule has 0 fully saturated rings. The van der Waals surface area contributed by atoms with Crippen LogP contribution in [-0.2, 0) is 0 Å². The molecule has 0 aromatic carbocycles. The highest BCUT2D eigenvalue weighted by Crippen LogP contribution is 2.10. The molecule has 0 radical (unpaired) electrons. The van der Waals surface area contributed by atoms with Crippen molar-refractivity contribution in [2.24, 2.45) is 0 Å². The first-order valence-electron chi connectivity index (χ1n) is 7.64. The van der Waals surface area contributed by atoms with Crippen molar-refractivity contribution in [3.05, 3.63) is 23.9 Å². The first-order valence-corrected chi connectivity index (χ1v) is 7.64. The monoisotopic (exact) mass is 292 g/mol. The third kappa shape index (κ3) is 6.58. The van der Waals surface area contributed by atoms with Crippen molar-refractivity contribution >= 4 is 11.7 Å². The van der Waals surface area contributed by atoms with Crippen LogP contribution < -0.4 is 10.2 Å². The second-order valence-corrected chi connectivity index (χ2v) is 5.59. The van der Waals surface area contributed by atoms with Crippen molar-refractivity contribution in [1.29, 1.82) is 0 Å². The molecule has 5 heteroatoms. The van der Waals surface area contributed by atoms with Gasteiger partial charge in [0.05, 0.1) is 5.56 Å². The third-order valence-electron chi connectivity index (χ3n) is 3.32. The molecular formula is C16H28N4O. The van der Waals surface area contributed by atoms with Gasteiger partial charge in [-0.1, -0.05) is 13.3 Å². The molecule has 1 heterocycles. The average Bonchev–Trinajstić information content (AvgIpc) is 2.49. The number of hydrogen-bond acceptors (Lipinski definition) is 4. The van der Waals surface area contributed by atoms with E-state index >= 15 is 0 Å². The Balaban J connectivity index is 2.43. The average molecular weight is 292 g/mol. The molecule has 0 aliphatic carbocycles. The second kappa shape index (κ2) is 9.34. The zero-order valence-electron chi connectivity index (χ0n) is 13.7. The molecule has 0 spiro atoms. The molecule has 0 aliphatic heterocycles. The minimum atomic E-state index is -0.0518. The van der Waals surface area contributed by atoms with Crippen molar-refractivity contribution in [1.82, 2.24) is 15.2 Å². The molecule has 0 unspecified atom stereocenters. The molecule has 1 amide bonds. The van der Waals surface area contributed by atoms with Crippen molar-refractivity contribution in [3.8, 4) is 0 Å². The number of hydrogen-bond donors (Lipinski definition) is 1. The quantitative estimate of drug-likeness (QED) is 0.707. The molecule has 5 nitrogen and oxygen atoms in total. The lowest BCUT2D eigenvalue weighted by Crippen LogP contribution is -2.27. The van der Waals surface area contributed by atoms with Crippen molar-refractivity contribution < 1.29 is 4.79 Å². The van der Waals surface area contributed by atoms with Gasteiger partial charge in [0.15, 0.2) is 0 Å². The van der Waals surface area contributed by atoms with Gasteiger partial charge in [-0.05, 0) is 45.6 Å². The van der Waals surface area contributed by atoms with Crippen LogP contribution in [0.4, 0.5) is 5.82 Å². The maximum atomic E-state index is 12.0. The zero-order valence-corrected chi connectivity index (χ0v) is 13.7. The van der Waals surface area contributed by atoms with E-state index in [0.29, 0.717) is 12.1 Å². The summed E-state index contributed by atoms with van der Waals surface area (Å²) in [6.45, 7) is 4.82. The molecule has 0 atom stereocenters. The Kier molecular flexibility index (Phi) is 7.75. The fraction of sp³-hybridized carbons (Fsp3) is 0.625. The molecule has 1 rings (SSSR count). The number of anilines is 1. The summed E-state index contributed by atoms with van der Waals surface area (Å²) in [5.41, 5.74) is 0.618. The summed E-state index contributed by atoms with van der Waals surface area (Å²) in [5, 5.41) is 2.92. The standard InChI is InChI=1S/C16H28N4O/c1-5-6-12-20(4)15-9-8-14(13-18-15)16(21)17-10-7-11-19(2)3/h8-9,13H,5-7,10-12H2,1-4H3,(H,17,21). The molecule has 0 saturated heterocycles. The van der Waals surface area contributed by atoms with Crippen LogP contribution in [0.15, 0.2) is 18.3 Å². The Morgan fingerprint density at radius 1 is 1.19 bits per heavy atom. The fourth-order valence-electron chi connectivity index (χ4n) is 1.96. The lowest BCUT2D eigenvalue weighted by molar-refractivity contribution is 0.0952. The van der Waals surface area contributed by atoms with Crippen LogP contribution in [0.2, 0.25) is 0 Å². The normalized spacial score (nSPS) is 10.7. The van der Waals surface area contributed by atoms with Gasteiger partial charge in [-0.25, -0.2) is 4.98 Å². The predicted octanol–water partition coefficient (Wildman–Crippen LogP) is 2.00. The van der Waals surface area contributed by atoms with Crippen LogP contribution in [0.25, 0.3) is 0 Å². The van der Waals surface area contributed by atoms with Gasteiger partial charge in [0.2, 0.25) is 0 Å². The van der Waals surface area contributed by atoms with E-state index in [1.807, 2.05) is 33.3 Å². The van der Waals surface area contributed by atoms with Gasteiger partial charge >= 0.3 is 0 Å². The molecule has 1 aromatic rings. The first-order chi connectivity index (χ1) is 10.0. The van der Waals surface area contributed by atoms with Gasteiger partial charge in [-0.2, -0.15) is 0 Å². The molecular weight excluding hydrogens is 264 g/mol. The minimum Gasteiger partial charge on any atom is -0.360 e. The highest BCUT2D eigenvalue weighted by Gasteiger charge is 2.07. The Labute approximate surface area is 128 Å². The maximum Gasteiger partial charge on any atom is 0.252 e. The summed E-state index contributed by atoms with van der Waals surface area (Å²) in [7, 11) is 6.08. The molecule has 1 aromatic heterocycles. The largest absolute Gasteiger partial charge is 0.360 e. The summed E-state index contributed by atoms with van der Waals surface area (Å²) in [5.74, 6) is 0.858. The van der Waals surface area contributed by atoms with Crippen molar-refractivity contribution in [2.45, 2.75) is 26.2 Å². The Hall–Kier alpha value is -1.62. The minimum absolute atomic E-state index is 0.0518. The third-order valence-corrected chi connectivity index (χ3v) is 3.32. The van der Waals surface area contributed by atoms with Gasteiger partial charge in [0, 0.05) is 26.3 Å². The summed E-state index contributed by atoms with van der Waals surface area (Å²) in [4.78, 5) is 20.5. The van der Waals surface area contributed by atoms with E-state index in [4.69, 9.17) is 0 Å². The predicted molar refractivity (Wildman–Crippen MR) is 87.9 cm³/mol. The Morgan fingerprint density at radius 2 is 1.95 bits per heavy atom. The van der Waals surface area contributed by atoms with E-state index in [-0.39, 0.29) is 5.91 Å². The van der Waals surface area contributed by atoms with E-state index < -0.39 is 0 Å². The molecule has 118 valence electrons. The highest BCUT2D eigenvalue weighted by atomic mass is 16.1. The Morgan fingerprint density at radius 3 is 2.52 bits per heavy atom. The summed E-state index contributed by atoms with van der Waals surface area (Å²) < 4.78 is 0. The molecule has 21 heavy (non-hydrogen) atoms. The van der Waals surface area contributed by atoms with Crippen molar-refractivity contribution in [3.63, 3.8) is 0 Å². The van der Waals surface area contributed by atoms with Crippen LogP contribution in [0.3, 0.4) is 0 Å². The van der Waals surface area contributed by atoms with E-state index in [1.165, 1.54) is 0 Å². The number of unbranched alkanes of at least 4 members (excludes halogenated alkanes) is 1. The maximum absolute atomic E-state index is 12.0. The number of rotatable bonds is 9. The molecule has 1 N–H and O–H groups in total. The second-order valence-electron chi connectivity index (χ2n) is 5.59. The summed E-state index contributed by atoms with van der Waals surface area (Å²) >= 11 is 0. The first kappa shape index (κ1) is 17.4. The highest BCUT2D eigenvalue weighted by molar-refractivity contribution is 5.94. The van der Waals surface area contributed by atoms with Crippen molar-refractivity contribution in [2.75, 3.05) is 45.7 Å². The lowest BCUT2D eigenvalue weighted by Gasteiger charge is -2.17. The van der Waals surface area contributed by atoms with Gasteiger partial charge in [-0.15, -0.1) is 0 Å². The number of nitrogens with zero attached hydrogens (tertiary/aromatic N) is 3. The van der Waals surface area contributed by atoms with Gasteiger partial charge in [-0.3, -0.25) is 4.79 Å². The summed E-state index contributed by atoms with van der Waals surface area (Å²) in [6.07, 6.45) is 4.91. The number of carbonyl (C=O) groups excluding carboxylic acids is 1. The number of pyridine rings is 1. The number of amides is 1. The van der Waals surface area contributed by atoms with E-state index in [9.17, 15) is 4.79 Å². The summed E-state index contributed by atoms with van der Waals surface area (Å²) in [6, 6.07) is 3.75. The number of aromatic nitrogens is 1. The van der Waals surface area contributed by atoms with Crippen LogP contribution in [0.1, 0.15) is 36.5 Å². The van der Waals surface area contributed by atoms with E-state index in [2.05, 4.69) is 27.0 Å². The van der Waals surface area contributed by atoms with Gasteiger partial charge < -0.3 is 15.1 Å². The lowest BCUT2D eigenvalue weighted by atomic mass is 10.2. The molecule has 0 aliphatic rings. The van der Waals surface area contributed by atoms with E-state index in [1.54, 1.807) is 6.20 Å². The SMILES string of the molecule is CCCCN(C)c1ccc(C(=O)NCCCN(C)C)cn1. The van der Waals surface area contributed by atoms with Gasteiger partial charge in [0.25, 0.3) is 5.91 Å². The van der Waals surface area contributed by atoms with Crippen LogP contribution in [0.5, 0.6) is 0 Å². The number of carbonyl (C=O) groups is 1. The van der Waals surface area contributed by atoms with Crippen LogP contribution >= 0.6 is 0 Å². The van der Waals surface area contributed by atoms with E-state index in [0.717, 1.165) is 38.2 Å². The topological polar surface area (TPSA) is 48.5 Å². The van der Waals surface area contributed by atoms with Crippen LogP contribution in [0, 0.1) is 0 Å². The molecule has 0 saturated carbocycles. The zero-order chi connectivity index (χ0) is 15.7. The fourth-order valence-corrected chi connectivity index (χ4v) is 1.96. The van der Waals surface area contributed by atoms with Crippen LogP contribution in [-0.4, -0.2) is 56.6 Å². The molecule has 0 bridgehead atoms. The van der Waals surface area contributed by atoms with Gasteiger partial charge in [0.1, 0.15) is 5.82 Å².